The van der Waals surface area contributed by atoms with Crippen molar-refractivity contribution in [2.45, 2.75) is 55.5 Å². The number of aromatic nitrogens is 2. The first-order valence-electron chi connectivity index (χ1n) is 11.6. The molecule has 2 N–H and O–H groups in total. The van der Waals surface area contributed by atoms with Crippen molar-refractivity contribution in [3.63, 3.8) is 0 Å². The fourth-order valence-electron chi connectivity index (χ4n) is 3.79. The Morgan fingerprint density at radius 3 is 2.67 bits per heavy atom. The first-order chi connectivity index (χ1) is 17.4. The third kappa shape index (κ3) is 6.26. The van der Waals surface area contributed by atoms with Crippen LogP contribution in [0.5, 0.6) is 0 Å². The van der Waals surface area contributed by atoms with E-state index in [2.05, 4.69) is 20.8 Å². The van der Waals surface area contributed by atoms with Gasteiger partial charge in [0.25, 0.3) is 5.91 Å². The van der Waals surface area contributed by atoms with Gasteiger partial charge in [0.05, 0.1) is 28.0 Å². The molecule has 0 fully saturated rings. The number of hydrogen-bond acceptors (Lipinski definition) is 9. The van der Waals surface area contributed by atoms with Gasteiger partial charge in [0.2, 0.25) is 11.0 Å². The number of fused-ring (bicyclic) bond motifs is 1. The van der Waals surface area contributed by atoms with Gasteiger partial charge in [-0.05, 0) is 57.2 Å². The van der Waals surface area contributed by atoms with Crippen molar-refractivity contribution in [2.24, 2.45) is 0 Å². The Bertz CT molecular complexity index is 1280. The molecular weight excluding hydrogens is 540 g/mol. The normalized spacial score (nSPS) is 13.9. The number of thioether (sulfide) groups is 1. The molecule has 1 aliphatic rings. The van der Waals surface area contributed by atoms with Gasteiger partial charge in [0.1, 0.15) is 5.00 Å². The second kappa shape index (κ2) is 12.2. The number of aryl methyl sites for hydroxylation is 1. The van der Waals surface area contributed by atoms with Crippen molar-refractivity contribution in [1.82, 2.24) is 10.2 Å². The zero-order valence-corrected chi connectivity index (χ0v) is 23.0. The highest BCUT2D eigenvalue weighted by Crippen LogP contribution is 2.39. The van der Waals surface area contributed by atoms with Crippen molar-refractivity contribution in [1.29, 1.82) is 0 Å². The first kappa shape index (κ1) is 26.6. The molecule has 0 radical (unpaired) electrons. The van der Waals surface area contributed by atoms with Crippen LogP contribution in [0, 0.1) is 0 Å². The van der Waals surface area contributed by atoms with Crippen LogP contribution in [-0.2, 0) is 22.4 Å². The molecule has 2 aromatic heterocycles. The van der Waals surface area contributed by atoms with Crippen LogP contribution in [0.3, 0.4) is 0 Å². The summed E-state index contributed by atoms with van der Waals surface area (Å²) >= 11 is 9.94. The molecule has 36 heavy (non-hydrogen) atoms. The van der Waals surface area contributed by atoms with Crippen LogP contribution in [0.4, 0.5) is 10.1 Å². The maximum Gasteiger partial charge on any atom is 0.341 e. The number of carbonyl (C=O) groups excluding carboxylic acids is 3. The van der Waals surface area contributed by atoms with E-state index in [-0.39, 0.29) is 18.4 Å². The SMILES string of the molecule is CCOC(=O)c1c(NC(=O)C(C)Sc2nnc(NC(=O)c3ccccc3Cl)s2)sc2c1CCCCC2. The van der Waals surface area contributed by atoms with Gasteiger partial charge in [-0.2, -0.15) is 0 Å². The number of hydrogen-bond donors (Lipinski definition) is 2. The molecule has 1 aliphatic carbocycles. The van der Waals surface area contributed by atoms with Crippen LogP contribution in [0.1, 0.15) is 64.3 Å². The number of carbonyl (C=O) groups is 3. The molecule has 3 aromatic rings. The van der Waals surface area contributed by atoms with Gasteiger partial charge in [-0.25, -0.2) is 4.79 Å². The topological polar surface area (TPSA) is 110 Å². The number of thiophene rings is 1. The summed E-state index contributed by atoms with van der Waals surface area (Å²) in [6, 6.07) is 6.72. The van der Waals surface area contributed by atoms with Gasteiger partial charge >= 0.3 is 5.97 Å². The molecule has 0 saturated carbocycles. The van der Waals surface area contributed by atoms with Crippen molar-refractivity contribution < 1.29 is 19.1 Å². The maximum absolute atomic E-state index is 13.0. The summed E-state index contributed by atoms with van der Waals surface area (Å²) in [5, 5.41) is 14.4. The summed E-state index contributed by atoms with van der Waals surface area (Å²) in [5.41, 5.74) is 1.84. The van der Waals surface area contributed by atoms with E-state index < -0.39 is 11.2 Å². The van der Waals surface area contributed by atoms with E-state index in [1.54, 1.807) is 38.1 Å². The quantitative estimate of drug-likeness (QED) is 0.148. The van der Waals surface area contributed by atoms with E-state index in [1.807, 2.05) is 0 Å². The summed E-state index contributed by atoms with van der Waals surface area (Å²) in [6.45, 7) is 3.80. The zero-order chi connectivity index (χ0) is 25.7. The van der Waals surface area contributed by atoms with Crippen LogP contribution >= 0.6 is 46.0 Å². The molecule has 190 valence electrons. The van der Waals surface area contributed by atoms with Gasteiger partial charge < -0.3 is 10.1 Å². The van der Waals surface area contributed by atoms with Crippen LogP contribution in [0.15, 0.2) is 28.6 Å². The summed E-state index contributed by atoms with van der Waals surface area (Å²) in [5.74, 6) is -1.03. The third-order valence-electron chi connectivity index (χ3n) is 5.53. The van der Waals surface area contributed by atoms with E-state index in [0.29, 0.717) is 30.6 Å². The Kier molecular flexibility index (Phi) is 9.00. The Hall–Kier alpha value is -2.47. The summed E-state index contributed by atoms with van der Waals surface area (Å²) in [7, 11) is 0. The predicted octanol–water partition coefficient (Wildman–Crippen LogP) is 6.07. The van der Waals surface area contributed by atoms with Gasteiger partial charge in [-0.3, -0.25) is 14.9 Å². The Balaban J connectivity index is 1.42. The molecule has 0 spiro atoms. The zero-order valence-electron chi connectivity index (χ0n) is 19.8. The fraction of sp³-hybridized carbons (Fsp3) is 0.375. The lowest BCUT2D eigenvalue weighted by atomic mass is 10.1. The highest BCUT2D eigenvalue weighted by Gasteiger charge is 2.28. The highest BCUT2D eigenvalue weighted by atomic mass is 35.5. The number of nitrogens with zero attached hydrogens (tertiary/aromatic N) is 2. The van der Waals surface area contributed by atoms with E-state index in [1.165, 1.54) is 34.4 Å². The molecule has 8 nitrogen and oxygen atoms in total. The fourth-order valence-corrected chi connectivity index (χ4v) is 7.18. The Morgan fingerprint density at radius 1 is 1.11 bits per heavy atom. The third-order valence-corrected chi connectivity index (χ3v) is 9.09. The molecule has 1 unspecified atom stereocenters. The average Bonchev–Trinajstić information content (AvgIpc) is 3.35. The molecule has 2 amide bonds. The number of amides is 2. The van der Waals surface area contributed by atoms with Gasteiger partial charge in [0, 0.05) is 4.88 Å². The number of esters is 1. The summed E-state index contributed by atoms with van der Waals surface area (Å²) < 4.78 is 5.82. The standard InChI is InChI=1S/C24H25ClN4O4S3/c1-3-33-22(32)18-15-10-5-4-6-12-17(15)35-21(18)26-19(30)13(2)34-24-29-28-23(36-24)27-20(31)14-9-7-8-11-16(14)25/h7-9,11,13H,3-6,10,12H2,1-2H3,(H,26,30)(H,27,28,31). The molecule has 1 atom stereocenters. The minimum atomic E-state index is -0.512. The van der Waals surface area contributed by atoms with Crippen LogP contribution in [0.25, 0.3) is 0 Å². The van der Waals surface area contributed by atoms with Crippen LogP contribution in [0.2, 0.25) is 5.02 Å². The average molecular weight is 565 g/mol. The largest absolute Gasteiger partial charge is 0.462 e. The molecule has 0 aliphatic heterocycles. The molecule has 0 bridgehead atoms. The van der Waals surface area contributed by atoms with Gasteiger partial charge in [-0.1, -0.05) is 53.3 Å². The minimum Gasteiger partial charge on any atom is -0.462 e. The first-order valence-corrected chi connectivity index (χ1v) is 14.4. The van der Waals surface area contributed by atoms with E-state index >= 15 is 0 Å². The van der Waals surface area contributed by atoms with Crippen molar-refractivity contribution >= 4 is 74.0 Å². The number of benzene rings is 1. The predicted molar refractivity (Wildman–Crippen MR) is 145 cm³/mol. The monoisotopic (exact) mass is 564 g/mol. The second-order valence-corrected chi connectivity index (χ2v) is 12.1. The lowest BCUT2D eigenvalue weighted by Crippen LogP contribution is -2.23. The van der Waals surface area contributed by atoms with Gasteiger partial charge in [-0.15, -0.1) is 21.5 Å². The van der Waals surface area contributed by atoms with E-state index in [4.69, 9.17) is 16.3 Å². The Labute approximate surface area is 226 Å². The van der Waals surface area contributed by atoms with Crippen LogP contribution < -0.4 is 10.6 Å². The maximum atomic E-state index is 13.0. The summed E-state index contributed by atoms with van der Waals surface area (Å²) in [6.07, 6.45) is 4.93. The lowest BCUT2D eigenvalue weighted by Gasteiger charge is -2.11. The smallest absolute Gasteiger partial charge is 0.341 e. The molecule has 0 saturated heterocycles. The molecular formula is C24H25ClN4O4S3. The number of ether oxygens (including phenoxy) is 1. The minimum absolute atomic E-state index is 0.251. The number of halogens is 1. The van der Waals surface area contributed by atoms with Crippen molar-refractivity contribution in [2.75, 3.05) is 17.2 Å². The molecule has 2 heterocycles. The van der Waals surface area contributed by atoms with Crippen LogP contribution in [-0.4, -0.2) is 39.8 Å². The Morgan fingerprint density at radius 2 is 1.89 bits per heavy atom. The molecule has 4 rings (SSSR count). The highest BCUT2D eigenvalue weighted by molar-refractivity contribution is 8.02. The van der Waals surface area contributed by atoms with Crippen molar-refractivity contribution in [3.8, 4) is 0 Å². The lowest BCUT2D eigenvalue weighted by molar-refractivity contribution is -0.115. The van der Waals surface area contributed by atoms with Gasteiger partial charge in [0.15, 0.2) is 4.34 Å². The number of nitrogens with one attached hydrogen (secondary N) is 2. The number of rotatable bonds is 8. The summed E-state index contributed by atoms with van der Waals surface area (Å²) in [4.78, 5) is 39.4. The number of anilines is 2. The van der Waals surface area contributed by atoms with E-state index in [0.717, 1.165) is 42.5 Å². The second-order valence-electron chi connectivity index (χ2n) is 8.05. The molecule has 12 heteroatoms. The van der Waals surface area contributed by atoms with E-state index in [9.17, 15) is 14.4 Å². The molecule has 1 aromatic carbocycles. The van der Waals surface area contributed by atoms with Crippen molar-refractivity contribution in [3.05, 3.63) is 50.9 Å².